The lowest BCUT2D eigenvalue weighted by molar-refractivity contribution is 0.310. The molecule has 0 atom stereocenters. The molecule has 1 aromatic heterocycles. The van der Waals surface area contributed by atoms with Crippen LogP contribution < -0.4 is 15.8 Å². The number of aliphatic hydroxyl groups excluding tert-OH is 1. The fourth-order valence-corrected chi connectivity index (χ4v) is 1.49. The minimum Gasteiger partial charge on any atom is -0.452 e. The molecule has 0 saturated carbocycles. The third-order valence-electron chi connectivity index (χ3n) is 2.43. The number of hydrogen-bond acceptors (Lipinski definition) is 6. The number of ether oxygens (including phenoxy) is 1. The smallest absolute Gasteiger partial charge is 0.222 e. The van der Waals surface area contributed by atoms with Gasteiger partial charge in [0.1, 0.15) is 5.75 Å². The predicted octanol–water partition coefficient (Wildman–Crippen LogP) is 1.56. The van der Waals surface area contributed by atoms with Crippen molar-refractivity contribution < 1.29 is 9.84 Å². The molecule has 19 heavy (non-hydrogen) atoms. The molecule has 6 heteroatoms. The van der Waals surface area contributed by atoms with Crippen LogP contribution >= 0.6 is 0 Å². The highest BCUT2D eigenvalue weighted by Crippen LogP contribution is 2.27. The van der Waals surface area contributed by atoms with E-state index < -0.39 is 0 Å². The van der Waals surface area contributed by atoms with Gasteiger partial charge in [0.2, 0.25) is 5.95 Å². The normalized spacial score (nSPS) is 10.2. The van der Waals surface area contributed by atoms with Crippen molar-refractivity contribution in [3.8, 4) is 11.5 Å². The number of nitrogens with zero attached hydrogens (tertiary/aromatic N) is 2. The van der Waals surface area contributed by atoms with Gasteiger partial charge in [-0.25, -0.2) is 4.98 Å². The number of aryl methyl sites for hydroxylation is 1. The number of anilines is 2. The van der Waals surface area contributed by atoms with Gasteiger partial charge in [0, 0.05) is 6.54 Å². The Morgan fingerprint density at radius 1 is 1.32 bits per heavy atom. The van der Waals surface area contributed by atoms with E-state index >= 15 is 0 Å². The first-order valence-electron chi connectivity index (χ1n) is 5.91. The van der Waals surface area contributed by atoms with E-state index in [4.69, 9.17) is 15.6 Å². The Kier molecular flexibility index (Phi) is 4.15. The molecule has 100 valence electrons. The maximum absolute atomic E-state index is 8.83. The zero-order valence-corrected chi connectivity index (χ0v) is 10.6. The molecule has 0 unspecified atom stereocenters. The molecule has 0 aliphatic heterocycles. The molecule has 1 aromatic carbocycles. The molecule has 0 aliphatic rings. The van der Waals surface area contributed by atoms with E-state index in [2.05, 4.69) is 15.3 Å². The van der Waals surface area contributed by atoms with Crippen molar-refractivity contribution in [2.24, 2.45) is 0 Å². The number of hydrogen-bond donors (Lipinski definition) is 3. The van der Waals surface area contributed by atoms with Gasteiger partial charge >= 0.3 is 0 Å². The third-order valence-corrected chi connectivity index (χ3v) is 2.43. The molecule has 0 amide bonds. The zero-order valence-electron chi connectivity index (χ0n) is 10.6. The van der Waals surface area contributed by atoms with Crippen LogP contribution in [0.15, 0.2) is 30.5 Å². The molecule has 0 fully saturated rings. The van der Waals surface area contributed by atoms with Crippen LogP contribution in [0.2, 0.25) is 0 Å². The lowest BCUT2D eigenvalue weighted by atomic mass is 10.2. The highest BCUT2D eigenvalue weighted by Gasteiger charge is 2.08. The molecule has 6 nitrogen and oxygen atoms in total. The summed E-state index contributed by atoms with van der Waals surface area (Å²) in [6, 6.07) is 7.63. The van der Waals surface area contributed by atoms with Gasteiger partial charge < -0.3 is 20.9 Å². The third kappa shape index (κ3) is 3.56. The molecular formula is C13H16N4O2. The molecule has 2 rings (SSSR count). The second-order valence-corrected chi connectivity index (χ2v) is 4.01. The van der Waals surface area contributed by atoms with Crippen molar-refractivity contribution in [1.82, 2.24) is 9.97 Å². The van der Waals surface area contributed by atoms with Crippen molar-refractivity contribution in [3.63, 3.8) is 0 Å². The lowest BCUT2D eigenvalue weighted by Gasteiger charge is -2.11. The topological polar surface area (TPSA) is 93.3 Å². The number of nitrogen functional groups attached to an aromatic ring is 1. The monoisotopic (exact) mass is 260 g/mol. The minimum atomic E-state index is -0.00607. The van der Waals surface area contributed by atoms with Crippen molar-refractivity contribution >= 4 is 11.8 Å². The van der Waals surface area contributed by atoms with Crippen LogP contribution in [0.25, 0.3) is 0 Å². The van der Waals surface area contributed by atoms with Crippen molar-refractivity contribution in [2.45, 2.75) is 6.92 Å². The van der Waals surface area contributed by atoms with Crippen LogP contribution in [0.5, 0.6) is 11.5 Å². The summed E-state index contributed by atoms with van der Waals surface area (Å²) in [5.74, 6) is 1.76. The highest BCUT2D eigenvalue weighted by molar-refractivity contribution is 5.52. The molecule has 1 heterocycles. The van der Waals surface area contributed by atoms with Crippen molar-refractivity contribution in [1.29, 1.82) is 0 Å². The molecule has 2 aromatic rings. The average molecular weight is 260 g/mol. The van der Waals surface area contributed by atoms with E-state index in [0.717, 1.165) is 5.56 Å². The van der Waals surface area contributed by atoms with E-state index in [9.17, 15) is 0 Å². The zero-order chi connectivity index (χ0) is 13.7. The van der Waals surface area contributed by atoms with E-state index in [-0.39, 0.29) is 12.6 Å². The van der Waals surface area contributed by atoms with Crippen molar-refractivity contribution in [3.05, 3.63) is 36.0 Å². The molecule has 0 saturated heterocycles. The average Bonchev–Trinajstić information content (AvgIpc) is 2.41. The van der Waals surface area contributed by atoms with Gasteiger partial charge in [0.15, 0.2) is 11.6 Å². The van der Waals surface area contributed by atoms with Gasteiger partial charge in [-0.1, -0.05) is 17.7 Å². The van der Waals surface area contributed by atoms with Crippen LogP contribution in [0.3, 0.4) is 0 Å². The van der Waals surface area contributed by atoms with Gasteiger partial charge in [0.05, 0.1) is 12.8 Å². The molecule has 0 radical (unpaired) electrons. The summed E-state index contributed by atoms with van der Waals surface area (Å²) in [6.45, 7) is 2.36. The van der Waals surface area contributed by atoms with Crippen molar-refractivity contribution in [2.75, 3.05) is 24.2 Å². The number of nitrogens with one attached hydrogen (secondary N) is 1. The fourth-order valence-electron chi connectivity index (χ4n) is 1.49. The van der Waals surface area contributed by atoms with Crippen LogP contribution in [-0.2, 0) is 0 Å². The van der Waals surface area contributed by atoms with E-state index in [1.165, 1.54) is 6.20 Å². The van der Waals surface area contributed by atoms with Gasteiger partial charge in [-0.15, -0.1) is 0 Å². The summed E-state index contributed by atoms with van der Waals surface area (Å²) in [6.07, 6.45) is 1.50. The summed E-state index contributed by atoms with van der Waals surface area (Å²) in [7, 11) is 0. The summed E-state index contributed by atoms with van der Waals surface area (Å²) >= 11 is 0. The highest BCUT2D eigenvalue weighted by atomic mass is 16.5. The SMILES string of the molecule is Cc1ccc(Oc2cnc(N)nc2NCCO)cc1. The largest absolute Gasteiger partial charge is 0.452 e. The predicted molar refractivity (Wildman–Crippen MR) is 73.3 cm³/mol. The van der Waals surface area contributed by atoms with Crippen LogP contribution in [0, 0.1) is 6.92 Å². The Balaban J connectivity index is 2.20. The van der Waals surface area contributed by atoms with E-state index in [0.29, 0.717) is 23.9 Å². The molecule has 0 spiro atoms. The number of rotatable bonds is 5. The molecule has 0 aliphatic carbocycles. The first kappa shape index (κ1) is 13.1. The van der Waals surface area contributed by atoms with Crippen LogP contribution in [0.4, 0.5) is 11.8 Å². The molecule has 0 bridgehead atoms. The number of nitrogens with two attached hydrogens (primary N) is 1. The Labute approximate surface area is 111 Å². The maximum Gasteiger partial charge on any atom is 0.222 e. The Bertz CT molecular complexity index is 543. The van der Waals surface area contributed by atoms with Gasteiger partial charge in [-0.3, -0.25) is 0 Å². The van der Waals surface area contributed by atoms with E-state index in [1.54, 1.807) is 0 Å². The first-order valence-corrected chi connectivity index (χ1v) is 5.91. The van der Waals surface area contributed by atoms with Crippen LogP contribution in [0.1, 0.15) is 5.56 Å². The summed E-state index contributed by atoms with van der Waals surface area (Å²) in [5, 5.41) is 11.8. The maximum atomic E-state index is 8.83. The number of aliphatic hydroxyl groups is 1. The van der Waals surface area contributed by atoms with Crippen LogP contribution in [-0.4, -0.2) is 28.2 Å². The number of benzene rings is 1. The van der Waals surface area contributed by atoms with Gasteiger partial charge in [0.25, 0.3) is 0 Å². The van der Waals surface area contributed by atoms with Gasteiger partial charge in [-0.05, 0) is 19.1 Å². The quantitative estimate of drug-likeness (QED) is 0.755. The second-order valence-electron chi connectivity index (χ2n) is 4.01. The Hall–Kier alpha value is -2.34. The summed E-state index contributed by atoms with van der Waals surface area (Å²) in [4.78, 5) is 7.94. The second kappa shape index (κ2) is 6.01. The molecular weight excluding hydrogens is 244 g/mol. The number of aromatic nitrogens is 2. The van der Waals surface area contributed by atoms with E-state index in [1.807, 2.05) is 31.2 Å². The Morgan fingerprint density at radius 3 is 2.74 bits per heavy atom. The fraction of sp³-hybridized carbons (Fsp3) is 0.231. The summed E-state index contributed by atoms with van der Waals surface area (Å²) in [5.41, 5.74) is 6.68. The molecule has 4 N–H and O–H groups in total. The Morgan fingerprint density at radius 2 is 2.05 bits per heavy atom. The van der Waals surface area contributed by atoms with Gasteiger partial charge in [-0.2, -0.15) is 4.98 Å². The lowest BCUT2D eigenvalue weighted by Crippen LogP contribution is -2.09. The standard InChI is InChI=1S/C13H16N4O2/c1-9-2-4-10(5-3-9)19-11-8-16-13(14)17-12(11)15-6-7-18/h2-5,8,18H,6-7H2,1H3,(H3,14,15,16,17). The first-order chi connectivity index (χ1) is 9.19. The summed E-state index contributed by atoms with van der Waals surface area (Å²) < 4.78 is 5.69. The minimum absolute atomic E-state index is 0.00607.